The molecule has 22 heavy (non-hydrogen) atoms. The highest BCUT2D eigenvalue weighted by atomic mass is 16.5. The third-order valence-electron chi connectivity index (χ3n) is 3.31. The van der Waals surface area contributed by atoms with Crippen molar-refractivity contribution in [1.29, 1.82) is 0 Å². The van der Waals surface area contributed by atoms with Crippen molar-refractivity contribution >= 4 is 0 Å². The van der Waals surface area contributed by atoms with Gasteiger partial charge in [-0.1, -0.05) is 13.8 Å². The Balaban J connectivity index is 2.08. The fourth-order valence-corrected chi connectivity index (χ4v) is 2.52. The number of aromatic nitrogens is 3. The molecule has 1 unspecified atom stereocenters. The van der Waals surface area contributed by atoms with Gasteiger partial charge in [0.15, 0.2) is 0 Å². The Kier molecular flexibility index (Phi) is 5.08. The molecule has 1 atom stereocenters. The van der Waals surface area contributed by atoms with Crippen molar-refractivity contribution in [3.63, 3.8) is 0 Å². The van der Waals surface area contributed by atoms with E-state index in [1.54, 1.807) is 6.20 Å². The molecule has 0 spiro atoms. The molecule has 0 saturated carbocycles. The van der Waals surface area contributed by atoms with Gasteiger partial charge in [-0.15, -0.1) is 0 Å². The molecule has 0 radical (unpaired) electrons. The van der Waals surface area contributed by atoms with Crippen LogP contribution in [0.5, 0.6) is 5.75 Å². The summed E-state index contributed by atoms with van der Waals surface area (Å²) in [6.07, 6.45) is 4.14. The third kappa shape index (κ3) is 4.49. The van der Waals surface area contributed by atoms with Gasteiger partial charge >= 0.3 is 0 Å². The first-order valence-electron chi connectivity index (χ1n) is 7.53. The minimum absolute atomic E-state index is 0.341. The number of hydrogen-bond acceptors (Lipinski definition) is 5. The maximum absolute atomic E-state index is 6.27. The molecule has 2 aromatic rings. The predicted molar refractivity (Wildman–Crippen MR) is 87.5 cm³/mol. The van der Waals surface area contributed by atoms with E-state index in [0.29, 0.717) is 12.5 Å². The highest BCUT2D eigenvalue weighted by molar-refractivity contribution is 5.54. The minimum atomic E-state index is -0.341. The van der Waals surface area contributed by atoms with Crippen LogP contribution < -0.4 is 10.5 Å². The lowest BCUT2D eigenvalue weighted by atomic mass is 9.93. The second kappa shape index (κ2) is 6.83. The van der Waals surface area contributed by atoms with Crippen molar-refractivity contribution in [2.75, 3.05) is 6.61 Å². The Morgan fingerprint density at radius 2 is 2.00 bits per heavy atom. The molecule has 0 fully saturated rings. The van der Waals surface area contributed by atoms with E-state index >= 15 is 0 Å². The average molecular weight is 300 g/mol. The molecular formula is C17H24N4O. The zero-order valence-corrected chi connectivity index (χ0v) is 13.7. The quantitative estimate of drug-likeness (QED) is 0.887. The summed E-state index contributed by atoms with van der Waals surface area (Å²) in [6, 6.07) is 5.66. The van der Waals surface area contributed by atoms with Crippen LogP contribution in [-0.4, -0.2) is 27.1 Å². The van der Waals surface area contributed by atoms with E-state index < -0.39 is 0 Å². The number of aryl methyl sites for hydroxylation is 1. The maximum atomic E-state index is 6.27. The molecular weight excluding hydrogens is 276 g/mol. The van der Waals surface area contributed by atoms with Gasteiger partial charge in [-0.3, -0.25) is 0 Å². The van der Waals surface area contributed by atoms with E-state index in [0.717, 1.165) is 29.3 Å². The van der Waals surface area contributed by atoms with Crippen molar-refractivity contribution in [2.24, 2.45) is 11.7 Å². The van der Waals surface area contributed by atoms with Crippen LogP contribution >= 0.6 is 0 Å². The molecule has 0 bridgehead atoms. The molecule has 2 heterocycles. The van der Waals surface area contributed by atoms with Crippen LogP contribution in [0.1, 0.15) is 32.9 Å². The third-order valence-corrected chi connectivity index (χ3v) is 3.31. The highest BCUT2D eigenvalue weighted by Crippen LogP contribution is 2.23. The highest BCUT2D eigenvalue weighted by Gasteiger charge is 2.21. The predicted octanol–water partition coefficient (Wildman–Crippen LogP) is 2.99. The number of rotatable bonds is 6. The number of ether oxygens (including phenoxy) is 1. The molecule has 118 valence electrons. The SMILES string of the molecule is Cc1nc(-c2ccncn2)ccc1OCC(C)(N)CC(C)C. The van der Waals surface area contributed by atoms with E-state index in [-0.39, 0.29) is 5.54 Å². The van der Waals surface area contributed by atoms with Crippen molar-refractivity contribution < 1.29 is 4.74 Å². The van der Waals surface area contributed by atoms with Crippen molar-refractivity contribution in [2.45, 2.75) is 39.7 Å². The lowest BCUT2D eigenvalue weighted by Gasteiger charge is -2.26. The summed E-state index contributed by atoms with van der Waals surface area (Å²) in [5, 5.41) is 0. The molecule has 2 N–H and O–H groups in total. The maximum Gasteiger partial charge on any atom is 0.140 e. The topological polar surface area (TPSA) is 73.9 Å². The first-order chi connectivity index (χ1) is 10.4. The van der Waals surface area contributed by atoms with E-state index in [9.17, 15) is 0 Å². The Labute approximate surface area is 132 Å². The zero-order valence-electron chi connectivity index (χ0n) is 13.7. The summed E-state index contributed by atoms with van der Waals surface area (Å²) in [4.78, 5) is 12.7. The Morgan fingerprint density at radius 1 is 1.23 bits per heavy atom. The van der Waals surface area contributed by atoms with E-state index in [1.807, 2.05) is 32.0 Å². The molecule has 0 aliphatic rings. The Morgan fingerprint density at radius 3 is 2.59 bits per heavy atom. The molecule has 0 amide bonds. The Bertz CT molecular complexity index is 611. The van der Waals surface area contributed by atoms with Crippen LogP contribution in [0.25, 0.3) is 11.4 Å². The molecule has 0 aliphatic heterocycles. The zero-order chi connectivity index (χ0) is 16.2. The van der Waals surface area contributed by atoms with Gasteiger partial charge in [0.1, 0.15) is 18.7 Å². The van der Waals surface area contributed by atoms with Crippen molar-refractivity contribution in [3.8, 4) is 17.1 Å². The number of pyridine rings is 1. The second-order valence-corrected chi connectivity index (χ2v) is 6.42. The van der Waals surface area contributed by atoms with E-state index in [4.69, 9.17) is 10.5 Å². The molecule has 0 aromatic carbocycles. The fourth-order valence-electron chi connectivity index (χ4n) is 2.52. The molecule has 5 heteroatoms. The molecule has 0 saturated heterocycles. The van der Waals surface area contributed by atoms with Crippen molar-refractivity contribution in [1.82, 2.24) is 15.0 Å². The van der Waals surface area contributed by atoms with Gasteiger partial charge in [0.25, 0.3) is 0 Å². The Hall–Kier alpha value is -2.01. The second-order valence-electron chi connectivity index (χ2n) is 6.42. The van der Waals surface area contributed by atoms with Gasteiger partial charge in [0, 0.05) is 11.7 Å². The molecule has 2 aromatic heterocycles. The van der Waals surface area contributed by atoms with Gasteiger partial charge in [-0.05, 0) is 44.4 Å². The van der Waals surface area contributed by atoms with Gasteiger partial charge in [-0.2, -0.15) is 0 Å². The molecule has 5 nitrogen and oxygen atoms in total. The first kappa shape index (κ1) is 16.4. The number of nitrogens with two attached hydrogens (primary N) is 1. The standard InChI is InChI=1S/C17H24N4O/c1-12(2)9-17(4,18)10-22-16-6-5-15(21-13(16)3)14-7-8-19-11-20-14/h5-8,11-12H,9-10,18H2,1-4H3. The fraction of sp³-hybridized carbons (Fsp3) is 0.471. The first-order valence-corrected chi connectivity index (χ1v) is 7.53. The largest absolute Gasteiger partial charge is 0.490 e. The smallest absolute Gasteiger partial charge is 0.140 e. The summed E-state index contributed by atoms with van der Waals surface area (Å²) in [7, 11) is 0. The summed E-state index contributed by atoms with van der Waals surface area (Å²) in [6.45, 7) is 8.74. The lowest BCUT2D eigenvalue weighted by molar-refractivity contribution is 0.205. The number of nitrogens with zero attached hydrogens (tertiary/aromatic N) is 3. The van der Waals surface area contributed by atoms with Crippen molar-refractivity contribution in [3.05, 3.63) is 36.4 Å². The van der Waals surface area contributed by atoms with Crippen LogP contribution in [-0.2, 0) is 0 Å². The summed E-state index contributed by atoms with van der Waals surface area (Å²) < 4.78 is 5.87. The summed E-state index contributed by atoms with van der Waals surface area (Å²) in [5.74, 6) is 1.30. The van der Waals surface area contributed by atoms with Crippen LogP contribution in [0.3, 0.4) is 0 Å². The average Bonchev–Trinajstić information content (AvgIpc) is 2.45. The van der Waals surface area contributed by atoms with Gasteiger partial charge in [-0.25, -0.2) is 15.0 Å². The minimum Gasteiger partial charge on any atom is -0.490 e. The number of hydrogen-bond donors (Lipinski definition) is 1. The van der Waals surface area contributed by atoms with Gasteiger partial charge < -0.3 is 10.5 Å². The van der Waals surface area contributed by atoms with E-state index in [1.165, 1.54) is 6.33 Å². The van der Waals surface area contributed by atoms with E-state index in [2.05, 4.69) is 28.8 Å². The molecule has 2 rings (SSSR count). The summed E-state index contributed by atoms with van der Waals surface area (Å²) >= 11 is 0. The van der Waals surface area contributed by atoms with Crippen LogP contribution in [0.4, 0.5) is 0 Å². The summed E-state index contributed by atoms with van der Waals surface area (Å²) in [5.41, 5.74) is 8.37. The monoisotopic (exact) mass is 300 g/mol. The van der Waals surface area contributed by atoms with Gasteiger partial charge in [0.2, 0.25) is 0 Å². The normalized spacial score (nSPS) is 13.9. The van der Waals surface area contributed by atoms with Gasteiger partial charge in [0.05, 0.1) is 17.1 Å². The van der Waals surface area contributed by atoms with Crippen LogP contribution in [0, 0.1) is 12.8 Å². The van der Waals surface area contributed by atoms with Crippen LogP contribution in [0.2, 0.25) is 0 Å². The van der Waals surface area contributed by atoms with Crippen LogP contribution in [0.15, 0.2) is 30.7 Å². The lowest BCUT2D eigenvalue weighted by Crippen LogP contribution is -2.43. The molecule has 0 aliphatic carbocycles.